The Morgan fingerprint density at radius 2 is 1.63 bits per heavy atom. The van der Waals surface area contributed by atoms with Gasteiger partial charge in [-0.2, -0.15) is 0 Å². The van der Waals surface area contributed by atoms with Crippen molar-refractivity contribution in [2.45, 2.75) is 84.5 Å². The topological polar surface area (TPSA) is 26.3 Å². The number of ether oxygens (including phenoxy) is 1. The smallest absolute Gasteiger partial charge is 0.308 e. The van der Waals surface area contributed by atoms with E-state index in [-0.39, 0.29) is 11.9 Å². The van der Waals surface area contributed by atoms with Crippen molar-refractivity contribution in [2.24, 2.45) is 11.8 Å². The van der Waals surface area contributed by atoms with Gasteiger partial charge in [-0.05, 0) is 31.6 Å². The second-order valence-electron chi connectivity index (χ2n) is 6.12. The molecule has 1 aliphatic rings. The number of carbonyl (C=O) groups is 1. The van der Waals surface area contributed by atoms with Gasteiger partial charge in [-0.25, -0.2) is 0 Å². The summed E-state index contributed by atoms with van der Waals surface area (Å²) in [6.45, 7) is 5.13. The van der Waals surface area contributed by atoms with Crippen LogP contribution in [0.5, 0.6) is 0 Å². The van der Waals surface area contributed by atoms with Gasteiger partial charge in [0.1, 0.15) is 0 Å². The molecular weight excluding hydrogens is 236 g/mol. The summed E-state index contributed by atoms with van der Waals surface area (Å²) in [6, 6.07) is 0. The largest absolute Gasteiger partial charge is 0.465 e. The zero-order valence-electron chi connectivity index (χ0n) is 13.0. The lowest BCUT2D eigenvalue weighted by Crippen LogP contribution is -2.16. The Bertz CT molecular complexity index is 237. The van der Waals surface area contributed by atoms with E-state index in [1.165, 1.54) is 57.8 Å². The van der Waals surface area contributed by atoms with Crippen LogP contribution in [0, 0.1) is 11.8 Å². The van der Waals surface area contributed by atoms with Gasteiger partial charge >= 0.3 is 5.97 Å². The van der Waals surface area contributed by atoms with E-state index in [0.717, 1.165) is 12.8 Å². The van der Waals surface area contributed by atoms with E-state index in [1.807, 2.05) is 0 Å². The van der Waals surface area contributed by atoms with Crippen molar-refractivity contribution < 1.29 is 9.53 Å². The summed E-state index contributed by atoms with van der Waals surface area (Å²) in [5.74, 6) is 0.885. The van der Waals surface area contributed by atoms with Gasteiger partial charge in [-0.3, -0.25) is 4.79 Å². The molecule has 0 N–H and O–H groups in total. The predicted molar refractivity (Wildman–Crippen MR) is 80.1 cm³/mol. The maximum absolute atomic E-state index is 11.9. The van der Waals surface area contributed by atoms with E-state index in [4.69, 9.17) is 4.74 Å². The predicted octanol–water partition coefficient (Wildman–Crippen LogP) is 5.11. The summed E-state index contributed by atoms with van der Waals surface area (Å²) in [6.07, 6.45) is 13.4. The van der Waals surface area contributed by atoms with Gasteiger partial charge in [0.2, 0.25) is 0 Å². The van der Waals surface area contributed by atoms with E-state index in [1.54, 1.807) is 0 Å². The second-order valence-corrected chi connectivity index (χ2v) is 6.12. The molecular formula is C17H32O2. The average molecular weight is 268 g/mol. The highest BCUT2D eigenvalue weighted by molar-refractivity contribution is 5.72. The van der Waals surface area contributed by atoms with Crippen molar-refractivity contribution in [3.63, 3.8) is 0 Å². The summed E-state index contributed by atoms with van der Waals surface area (Å²) in [5, 5.41) is 0. The quantitative estimate of drug-likeness (QED) is 0.429. The first kappa shape index (κ1) is 16.5. The molecule has 0 amide bonds. The monoisotopic (exact) mass is 268 g/mol. The lowest BCUT2D eigenvalue weighted by atomic mass is 9.91. The molecule has 1 rings (SSSR count). The Balaban J connectivity index is 2.22. The van der Waals surface area contributed by atoms with E-state index >= 15 is 0 Å². The zero-order valence-corrected chi connectivity index (χ0v) is 13.0. The number of hydrogen-bond acceptors (Lipinski definition) is 2. The molecule has 0 aromatic carbocycles. The lowest BCUT2D eigenvalue weighted by molar-refractivity contribution is -0.148. The number of hydrogen-bond donors (Lipinski definition) is 0. The van der Waals surface area contributed by atoms with Crippen LogP contribution in [0.4, 0.5) is 0 Å². The molecule has 2 atom stereocenters. The fourth-order valence-electron chi connectivity index (χ4n) is 2.95. The molecule has 112 valence electrons. The van der Waals surface area contributed by atoms with Gasteiger partial charge in [0.25, 0.3) is 0 Å². The Labute approximate surface area is 119 Å². The van der Waals surface area contributed by atoms with Crippen LogP contribution in [0.3, 0.4) is 0 Å². The van der Waals surface area contributed by atoms with E-state index < -0.39 is 0 Å². The van der Waals surface area contributed by atoms with Crippen LogP contribution in [0.1, 0.15) is 84.5 Å². The third-order valence-electron chi connectivity index (χ3n) is 4.34. The molecule has 2 nitrogen and oxygen atoms in total. The maximum Gasteiger partial charge on any atom is 0.308 e. The molecule has 0 bridgehead atoms. The normalized spacial score (nSPS) is 24.0. The molecule has 0 spiro atoms. The molecule has 0 aromatic heterocycles. The van der Waals surface area contributed by atoms with Crippen LogP contribution >= 0.6 is 0 Å². The number of cyclic esters (lactones) is 1. The number of carbonyl (C=O) groups excluding carboxylic acids is 1. The van der Waals surface area contributed by atoms with Crippen LogP contribution in [-0.4, -0.2) is 12.6 Å². The summed E-state index contributed by atoms with van der Waals surface area (Å²) in [4.78, 5) is 11.9. The molecule has 0 radical (unpaired) electrons. The van der Waals surface area contributed by atoms with Crippen LogP contribution in [0.25, 0.3) is 0 Å². The Kier molecular flexibility index (Phi) is 8.94. The summed E-state index contributed by atoms with van der Waals surface area (Å²) >= 11 is 0. The van der Waals surface area contributed by atoms with Gasteiger partial charge in [0.15, 0.2) is 0 Å². The van der Waals surface area contributed by atoms with Gasteiger partial charge in [-0.1, -0.05) is 58.8 Å². The molecule has 0 saturated carbocycles. The van der Waals surface area contributed by atoms with Crippen molar-refractivity contribution in [2.75, 3.05) is 6.61 Å². The van der Waals surface area contributed by atoms with Crippen molar-refractivity contribution in [3.05, 3.63) is 0 Å². The highest BCUT2D eigenvalue weighted by Crippen LogP contribution is 2.27. The molecule has 1 fully saturated rings. The van der Waals surface area contributed by atoms with Gasteiger partial charge in [0.05, 0.1) is 12.5 Å². The molecule has 1 heterocycles. The van der Waals surface area contributed by atoms with Gasteiger partial charge in [-0.15, -0.1) is 0 Å². The molecule has 2 unspecified atom stereocenters. The third-order valence-corrected chi connectivity index (χ3v) is 4.34. The van der Waals surface area contributed by atoms with E-state index in [0.29, 0.717) is 12.5 Å². The number of unbranched alkanes of at least 4 members (excludes halogenated alkanes) is 5. The maximum atomic E-state index is 11.9. The Morgan fingerprint density at radius 1 is 0.947 bits per heavy atom. The summed E-state index contributed by atoms with van der Waals surface area (Å²) in [7, 11) is 0. The SMILES string of the molecule is CCCCCCC1CCC(CCCCC)C(=O)OC1. The van der Waals surface area contributed by atoms with Crippen molar-refractivity contribution in [1.82, 2.24) is 0 Å². The van der Waals surface area contributed by atoms with Crippen molar-refractivity contribution >= 4 is 5.97 Å². The molecule has 1 aliphatic heterocycles. The number of esters is 1. The fourth-order valence-corrected chi connectivity index (χ4v) is 2.95. The molecule has 0 aliphatic carbocycles. The molecule has 2 heteroatoms. The minimum atomic E-state index is 0.0761. The molecule has 1 saturated heterocycles. The molecule has 19 heavy (non-hydrogen) atoms. The lowest BCUT2D eigenvalue weighted by Gasteiger charge is -2.12. The minimum Gasteiger partial charge on any atom is -0.465 e. The Morgan fingerprint density at radius 3 is 2.37 bits per heavy atom. The second kappa shape index (κ2) is 10.3. The fraction of sp³-hybridized carbons (Fsp3) is 0.941. The number of rotatable bonds is 9. The highest BCUT2D eigenvalue weighted by atomic mass is 16.5. The zero-order chi connectivity index (χ0) is 13.9. The van der Waals surface area contributed by atoms with Gasteiger partial charge < -0.3 is 4.74 Å². The highest BCUT2D eigenvalue weighted by Gasteiger charge is 2.26. The van der Waals surface area contributed by atoms with Crippen molar-refractivity contribution in [1.29, 1.82) is 0 Å². The minimum absolute atomic E-state index is 0.0761. The van der Waals surface area contributed by atoms with Gasteiger partial charge in [0, 0.05) is 0 Å². The summed E-state index contributed by atoms with van der Waals surface area (Å²) in [5.41, 5.74) is 0. The van der Waals surface area contributed by atoms with Crippen molar-refractivity contribution in [3.8, 4) is 0 Å². The van der Waals surface area contributed by atoms with Crippen LogP contribution in [-0.2, 0) is 9.53 Å². The van der Waals surface area contributed by atoms with E-state index in [2.05, 4.69) is 13.8 Å². The first-order valence-corrected chi connectivity index (χ1v) is 8.44. The summed E-state index contributed by atoms with van der Waals surface area (Å²) < 4.78 is 5.48. The van der Waals surface area contributed by atoms with E-state index in [9.17, 15) is 4.79 Å². The van der Waals surface area contributed by atoms with Crippen LogP contribution in [0.2, 0.25) is 0 Å². The first-order chi connectivity index (χ1) is 9.27. The average Bonchev–Trinajstić information content (AvgIpc) is 2.59. The third kappa shape index (κ3) is 6.98. The van der Waals surface area contributed by atoms with Crippen LogP contribution < -0.4 is 0 Å². The van der Waals surface area contributed by atoms with Crippen LogP contribution in [0.15, 0.2) is 0 Å². The molecule has 0 aromatic rings. The standard InChI is InChI=1S/C17H32O2/c1-3-5-7-9-10-15-12-13-16(11-8-6-4-2)17(18)19-14-15/h15-16H,3-14H2,1-2H3. The Hall–Kier alpha value is -0.530. The first-order valence-electron chi connectivity index (χ1n) is 8.44.